The van der Waals surface area contributed by atoms with Gasteiger partial charge in [-0.15, -0.1) is 0 Å². The summed E-state index contributed by atoms with van der Waals surface area (Å²) in [4.78, 5) is 33.6. The second-order valence-corrected chi connectivity index (χ2v) is 5.94. The number of rotatable bonds is 2. The average molecular weight is 364 g/mol. The van der Waals surface area contributed by atoms with E-state index < -0.39 is 32.3 Å². The maximum absolute atomic E-state index is 10.1. The summed E-state index contributed by atoms with van der Waals surface area (Å²) in [7, 11) is -4.64. The third-order valence-electron chi connectivity index (χ3n) is 3.27. The maximum Gasteiger partial charge on any atom is 0.466 e. The molecule has 0 aromatic carbocycles. The lowest BCUT2D eigenvalue weighted by Crippen LogP contribution is -2.41. The van der Waals surface area contributed by atoms with Crippen LogP contribution in [0.5, 0.6) is 0 Å². The zero-order valence-electron chi connectivity index (χ0n) is 12.1. The number of nitrogen functional groups attached to an aromatic ring is 1. The number of anilines is 1. The zero-order valence-corrected chi connectivity index (χ0v) is 13.0. The van der Waals surface area contributed by atoms with Crippen LogP contribution >= 0.6 is 7.82 Å². The van der Waals surface area contributed by atoms with Gasteiger partial charge in [-0.1, -0.05) is 0 Å². The first-order valence-electron chi connectivity index (χ1n) is 6.54. The van der Waals surface area contributed by atoms with E-state index in [-0.39, 0.29) is 12.4 Å². The molecule has 0 amide bonds. The van der Waals surface area contributed by atoms with Gasteiger partial charge < -0.3 is 41.1 Å². The molecule has 24 heavy (non-hydrogen) atoms. The van der Waals surface area contributed by atoms with E-state index in [1.54, 1.807) is 0 Å². The molecule has 2 aromatic rings. The molecular weight excluding hydrogens is 347 g/mol. The quantitative estimate of drug-likeness (QED) is 0.266. The molecule has 0 radical (unpaired) electrons. The van der Waals surface area contributed by atoms with Crippen LogP contribution in [0.15, 0.2) is 12.7 Å². The Morgan fingerprint density at radius 2 is 1.92 bits per heavy atom. The van der Waals surface area contributed by atoms with Gasteiger partial charge in [0.15, 0.2) is 17.7 Å². The lowest BCUT2D eigenvalue weighted by atomic mass is 10.1. The lowest BCUT2D eigenvalue weighted by molar-refractivity contribution is -0.0488. The van der Waals surface area contributed by atoms with Gasteiger partial charge in [0, 0.05) is 0 Å². The summed E-state index contributed by atoms with van der Waals surface area (Å²) >= 11 is 0. The van der Waals surface area contributed by atoms with E-state index in [2.05, 4.69) is 15.0 Å². The number of hydrogen-bond acceptors (Lipinski definition) is 9. The Labute approximate surface area is 134 Å². The van der Waals surface area contributed by atoms with Crippen LogP contribution in [0.2, 0.25) is 0 Å². The molecule has 4 atom stereocenters. The Hall–Kier alpha value is -1.70. The van der Waals surface area contributed by atoms with Gasteiger partial charge in [-0.05, 0) is 0 Å². The molecule has 1 saturated heterocycles. The van der Waals surface area contributed by atoms with E-state index in [9.17, 15) is 5.11 Å². The molecule has 0 saturated carbocycles. The van der Waals surface area contributed by atoms with Crippen LogP contribution in [0.3, 0.4) is 0 Å². The number of nitrogens with two attached hydrogens (primary N) is 2. The second-order valence-electron chi connectivity index (χ2n) is 4.91. The summed E-state index contributed by atoms with van der Waals surface area (Å²) in [6.07, 6.45) is 0.408. The predicted octanol–water partition coefficient (Wildman–Crippen LogP) is -2.94. The van der Waals surface area contributed by atoms with Crippen molar-refractivity contribution in [2.45, 2.75) is 24.5 Å². The van der Waals surface area contributed by atoms with Gasteiger partial charge in [0.1, 0.15) is 24.1 Å². The number of ether oxygens (including phenoxy) is 1. The highest BCUT2D eigenvalue weighted by Gasteiger charge is 2.42. The second kappa shape index (κ2) is 7.04. The fraction of sp³-hybridized carbons (Fsp3) is 0.500. The summed E-state index contributed by atoms with van der Waals surface area (Å²) in [6, 6.07) is -0.674. The van der Waals surface area contributed by atoms with Crippen LogP contribution < -0.4 is 11.5 Å². The molecule has 1 unspecified atom stereocenters. The van der Waals surface area contributed by atoms with E-state index >= 15 is 0 Å². The van der Waals surface area contributed by atoms with E-state index in [0.29, 0.717) is 11.2 Å². The molecular formula is C10H17N6O7P. The van der Waals surface area contributed by atoms with Crippen molar-refractivity contribution in [2.75, 3.05) is 12.3 Å². The van der Waals surface area contributed by atoms with E-state index in [0.717, 1.165) is 0 Å². The first kappa shape index (κ1) is 18.6. The van der Waals surface area contributed by atoms with E-state index in [1.165, 1.54) is 17.2 Å². The highest BCUT2D eigenvalue weighted by Crippen LogP contribution is 2.30. The topological polar surface area (TPSA) is 223 Å². The summed E-state index contributed by atoms with van der Waals surface area (Å²) in [6.45, 7) is -0.265. The molecule has 134 valence electrons. The molecule has 0 spiro atoms. The summed E-state index contributed by atoms with van der Waals surface area (Å²) < 4.78 is 15.9. The third kappa shape index (κ3) is 4.03. The zero-order chi connectivity index (χ0) is 18.1. The number of aliphatic hydroxyl groups is 2. The fourth-order valence-electron chi connectivity index (χ4n) is 2.21. The molecule has 2 aromatic heterocycles. The number of aliphatic hydroxyl groups excluding tert-OH is 2. The van der Waals surface area contributed by atoms with Gasteiger partial charge in [-0.25, -0.2) is 19.5 Å². The molecule has 14 heteroatoms. The van der Waals surface area contributed by atoms with Crippen molar-refractivity contribution in [3.8, 4) is 0 Å². The Morgan fingerprint density at radius 1 is 1.29 bits per heavy atom. The third-order valence-corrected chi connectivity index (χ3v) is 3.27. The predicted molar refractivity (Wildman–Crippen MR) is 79.0 cm³/mol. The maximum atomic E-state index is 10.1. The van der Waals surface area contributed by atoms with Crippen LogP contribution in [0.1, 0.15) is 6.23 Å². The normalized spacial score (nSPS) is 27.1. The van der Waals surface area contributed by atoms with E-state index in [4.69, 9.17) is 40.6 Å². The largest absolute Gasteiger partial charge is 0.466 e. The summed E-state index contributed by atoms with van der Waals surface area (Å²) in [5.41, 5.74) is 12.3. The lowest BCUT2D eigenvalue weighted by Gasteiger charge is -2.16. The molecule has 0 aliphatic carbocycles. The van der Waals surface area contributed by atoms with Crippen LogP contribution in [0.4, 0.5) is 5.82 Å². The van der Waals surface area contributed by atoms with Crippen molar-refractivity contribution in [1.29, 1.82) is 0 Å². The number of imidazole rings is 1. The molecule has 1 fully saturated rings. The minimum atomic E-state index is -4.64. The molecule has 1 aliphatic rings. The van der Waals surface area contributed by atoms with Crippen molar-refractivity contribution in [1.82, 2.24) is 19.5 Å². The Morgan fingerprint density at radius 3 is 2.46 bits per heavy atom. The van der Waals surface area contributed by atoms with Crippen LogP contribution in [0.25, 0.3) is 11.2 Å². The van der Waals surface area contributed by atoms with Crippen molar-refractivity contribution in [3.63, 3.8) is 0 Å². The molecule has 13 nitrogen and oxygen atoms in total. The average Bonchev–Trinajstić information content (AvgIpc) is 3.01. The summed E-state index contributed by atoms with van der Waals surface area (Å²) in [5, 5.41) is 19.2. The first-order chi connectivity index (χ1) is 11.1. The minimum Gasteiger partial charge on any atom is -0.394 e. The van der Waals surface area contributed by atoms with Gasteiger partial charge in [-0.3, -0.25) is 4.57 Å². The van der Waals surface area contributed by atoms with Crippen molar-refractivity contribution in [3.05, 3.63) is 12.7 Å². The van der Waals surface area contributed by atoms with Crippen LogP contribution in [-0.4, -0.2) is 69.3 Å². The number of nitrogens with zero attached hydrogens (tertiary/aromatic N) is 4. The minimum absolute atomic E-state index is 0.249. The highest BCUT2D eigenvalue weighted by molar-refractivity contribution is 7.45. The smallest absolute Gasteiger partial charge is 0.394 e. The van der Waals surface area contributed by atoms with E-state index in [1.807, 2.05) is 0 Å². The molecule has 1 aliphatic heterocycles. The van der Waals surface area contributed by atoms with Crippen LogP contribution in [-0.2, 0) is 9.30 Å². The standard InChI is InChI=1S/C10H14N6O3.H3O4P/c11-5-4(1-17)19-10(7(5)18)16-3-15-6-8(12)13-2-14-9(6)16;1-5(2,3)4/h2-5,7,10,17-18H,1,11H2,(H2,12,13,14);(H3,1,2,3,4)/t4-,5?,7-,10-;/m1./s1. The van der Waals surface area contributed by atoms with Gasteiger partial charge in [0.05, 0.1) is 19.0 Å². The molecule has 3 heterocycles. The first-order valence-corrected chi connectivity index (χ1v) is 8.11. The fourth-order valence-corrected chi connectivity index (χ4v) is 2.21. The van der Waals surface area contributed by atoms with Gasteiger partial charge in [-0.2, -0.15) is 0 Å². The highest BCUT2D eigenvalue weighted by atomic mass is 31.2. The Balaban J connectivity index is 0.000000368. The summed E-state index contributed by atoms with van der Waals surface area (Å²) in [5.74, 6) is 0.249. The molecule has 9 N–H and O–H groups in total. The Kier molecular flexibility index (Phi) is 5.47. The SMILES string of the molecule is Nc1ncnc2c1ncn2[C@@H]1O[C@H](CO)C(N)[C@H]1O.O=P(O)(O)O. The van der Waals surface area contributed by atoms with Crippen molar-refractivity contribution >= 4 is 24.8 Å². The van der Waals surface area contributed by atoms with Gasteiger partial charge >= 0.3 is 7.82 Å². The van der Waals surface area contributed by atoms with Crippen molar-refractivity contribution in [2.24, 2.45) is 5.73 Å². The number of hydrogen-bond donors (Lipinski definition) is 7. The number of aromatic nitrogens is 4. The number of fused-ring (bicyclic) bond motifs is 1. The van der Waals surface area contributed by atoms with Gasteiger partial charge in [0.2, 0.25) is 0 Å². The van der Waals surface area contributed by atoms with Crippen molar-refractivity contribution < 1.29 is 34.2 Å². The molecule has 0 bridgehead atoms. The number of phosphoric acid groups is 1. The molecule has 3 rings (SSSR count). The van der Waals surface area contributed by atoms with Crippen LogP contribution in [0, 0.1) is 0 Å². The van der Waals surface area contributed by atoms with Gasteiger partial charge in [0.25, 0.3) is 0 Å². The Bertz CT molecular complexity index is 742. The monoisotopic (exact) mass is 364 g/mol.